The minimum absolute atomic E-state index is 0.316. The number of fused-ring (bicyclic) bond motifs is 3. The van der Waals surface area contributed by atoms with Crippen LogP contribution in [0.15, 0.2) is 82.8 Å². The maximum absolute atomic E-state index is 9.90. The van der Waals surface area contributed by atoms with Crippen molar-refractivity contribution in [3.05, 3.63) is 83.9 Å². The normalized spacial score (nSPS) is 10.2. The first-order valence-electron chi connectivity index (χ1n) is 7.74. The zero-order chi connectivity index (χ0) is 17.5. The average molecular weight is 326 g/mol. The van der Waals surface area contributed by atoms with E-state index in [2.05, 4.69) is 58.5 Å². The summed E-state index contributed by atoms with van der Waals surface area (Å²) in [4.78, 5) is 26.5. The van der Waals surface area contributed by atoms with Crippen LogP contribution in [0.3, 0.4) is 0 Å². The summed E-state index contributed by atoms with van der Waals surface area (Å²) in [6, 6.07) is 23.8. The number of benzene rings is 3. The summed E-state index contributed by atoms with van der Waals surface area (Å²) in [6.45, 7) is 0. The van der Waals surface area contributed by atoms with E-state index in [1.165, 1.54) is 34.4 Å². The van der Waals surface area contributed by atoms with Gasteiger partial charge >= 0.3 is 0 Å². The van der Waals surface area contributed by atoms with Gasteiger partial charge in [0.1, 0.15) is 11.4 Å². The zero-order valence-electron chi connectivity index (χ0n) is 13.3. The lowest BCUT2D eigenvalue weighted by Crippen LogP contribution is -1.77. The Morgan fingerprint density at radius 3 is 1.44 bits per heavy atom. The van der Waals surface area contributed by atoms with Crippen molar-refractivity contribution in [2.45, 2.75) is 6.42 Å². The van der Waals surface area contributed by atoms with Crippen molar-refractivity contribution >= 4 is 23.5 Å². The molecule has 120 valence electrons. The fraction of sp³-hybridized carbons (Fsp3) is 0.0476. The van der Waals surface area contributed by atoms with Crippen LogP contribution in [-0.2, 0) is 16.0 Å². The third-order valence-electron chi connectivity index (χ3n) is 3.92. The van der Waals surface area contributed by atoms with Gasteiger partial charge in [-0.1, -0.05) is 60.7 Å². The monoisotopic (exact) mass is 326 g/mol. The van der Waals surface area contributed by atoms with Gasteiger partial charge in [-0.25, -0.2) is 9.59 Å². The van der Waals surface area contributed by atoms with Crippen LogP contribution in [0.5, 0.6) is 0 Å². The van der Waals surface area contributed by atoms with Crippen LogP contribution >= 0.6 is 0 Å². The highest BCUT2D eigenvalue weighted by Gasteiger charge is 2.15. The summed E-state index contributed by atoms with van der Waals surface area (Å²) in [6.07, 6.45) is 3.84. The molecule has 3 aromatic carbocycles. The second kappa shape index (κ2) is 7.80. The molecule has 3 aromatic rings. The Morgan fingerprint density at radius 1 is 0.600 bits per heavy atom. The van der Waals surface area contributed by atoms with Crippen LogP contribution in [0, 0.1) is 0 Å². The number of aliphatic imine (C=N–C) groups is 2. The molecule has 0 bridgehead atoms. The van der Waals surface area contributed by atoms with E-state index in [1.54, 1.807) is 24.3 Å². The van der Waals surface area contributed by atoms with Crippen LogP contribution in [0.4, 0.5) is 11.4 Å². The van der Waals surface area contributed by atoms with Gasteiger partial charge in [0.05, 0.1) is 0 Å². The minimum Gasteiger partial charge on any atom is -0.211 e. The Bertz CT molecular complexity index is 918. The molecule has 0 radical (unpaired) electrons. The van der Waals surface area contributed by atoms with Gasteiger partial charge in [0, 0.05) is 0 Å². The van der Waals surface area contributed by atoms with Crippen molar-refractivity contribution in [3.8, 4) is 11.1 Å². The standard InChI is InChI=1S/C13H10.C8H4N2O2/c1-3-7-12-10(5-1)9-11-6-2-4-8-13(11)12;11-5-9-7-3-1-2-4-8(7)10-6-12/h1-8H,9H2;1-4H. The van der Waals surface area contributed by atoms with Crippen LogP contribution in [0.1, 0.15) is 11.1 Å². The van der Waals surface area contributed by atoms with E-state index in [0.717, 1.165) is 6.42 Å². The fourth-order valence-corrected chi connectivity index (χ4v) is 2.83. The van der Waals surface area contributed by atoms with Crippen molar-refractivity contribution in [2.24, 2.45) is 9.98 Å². The quantitative estimate of drug-likeness (QED) is 0.389. The van der Waals surface area contributed by atoms with Crippen LogP contribution in [0.25, 0.3) is 11.1 Å². The predicted molar refractivity (Wildman–Crippen MR) is 96.7 cm³/mol. The Morgan fingerprint density at radius 2 is 1.00 bits per heavy atom. The molecular weight excluding hydrogens is 312 g/mol. The number of para-hydroxylation sites is 2. The molecule has 1 aliphatic rings. The molecule has 0 N–H and O–H groups in total. The summed E-state index contributed by atoms with van der Waals surface area (Å²) >= 11 is 0. The number of rotatable bonds is 2. The Hall–Kier alpha value is -3.58. The molecule has 0 unspecified atom stereocenters. The molecule has 0 spiro atoms. The van der Waals surface area contributed by atoms with Gasteiger partial charge < -0.3 is 0 Å². The number of nitrogens with zero attached hydrogens (tertiary/aromatic N) is 2. The van der Waals surface area contributed by atoms with Crippen molar-refractivity contribution in [1.29, 1.82) is 0 Å². The zero-order valence-corrected chi connectivity index (χ0v) is 13.3. The van der Waals surface area contributed by atoms with E-state index in [4.69, 9.17) is 0 Å². The number of hydrogen-bond donors (Lipinski definition) is 0. The van der Waals surface area contributed by atoms with E-state index in [-0.39, 0.29) is 0 Å². The maximum atomic E-state index is 9.90. The van der Waals surface area contributed by atoms with Gasteiger partial charge in [-0.05, 0) is 40.8 Å². The summed E-state index contributed by atoms with van der Waals surface area (Å²) in [7, 11) is 0. The van der Waals surface area contributed by atoms with Crippen molar-refractivity contribution in [1.82, 2.24) is 0 Å². The molecule has 0 heterocycles. The molecule has 1 aliphatic carbocycles. The molecule has 0 atom stereocenters. The van der Waals surface area contributed by atoms with Gasteiger partial charge in [-0.2, -0.15) is 9.98 Å². The number of hydrogen-bond acceptors (Lipinski definition) is 4. The second-order valence-corrected chi connectivity index (χ2v) is 5.39. The predicted octanol–water partition coefficient (Wildman–Crippen LogP) is 4.88. The molecule has 0 aliphatic heterocycles. The van der Waals surface area contributed by atoms with Crippen LogP contribution < -0.4 is 0 Å². The highest BCUT2D eigenvalue weighted by molar-refractivity contribution is 5.76. The topological polar surface area (TPSA) is 58.9 Å². The van der Waals surface area contributed by atoms with Gasteiger partial charge in [0.2, 0.25) is 12.2 Å². The fourth-order valence-electron chi connectivity index (χ4n) is 2.83. The summed E-state index contributed by atoms with van der Waals surface area (Å²) in [5.41, 5.74) is 6.38. The van der Waals surface area contributed by atoms with Gasteiger partial charge in [0.25, 0.3) is 0 Å². The lowest BCUT2D eigenvalue weighted by molar-refractivity contribution is 0.564. The smallest absolute Gasteiger partial charge is 0.211 e. The summed E-state index contributed by atoms with van der Waals surface area (Å²) in [5, 5.41) is 0. The second-order valence-electron chi connectivity index (χ2n) is 5.39. The first-order chi connectivity index (χ1) is 12.3. The van der Waals surface area contributed by atoms with E-state index in [9.17, 15) is 9.59 Å². The first kappa shape index (κ1) is 16.3. The van der Waals surface area contributed by atoms with E-state index in [0.29, 0.717) is 11.4 Å². The summed E-state index contributed by atoms with van der Waals surface area (Å²) in [5.74, 6) is 0. The third-order valence-corrected chi connectivity index (χ3v) is 3.92. The lowest BCUT2D eigenvalue weighted by atomic mass is 10.1. The largest absolute Gasteiger partial charge is 0.240 e. The van der Waals surface area contributed by atoms with Crippen LogP contribution in [-0.4, -0.2) is 12.2 Å². The van der Waals surface area contributed by atoms with Crippen molar-refractivity contribution in [3.63, 3.8) is 0 Å². The van der Waals surface area contributed by atoms with Crippen LogP contribution in [0.2, 0.25) is 0 Å². The average Bonchev–Trinajstić information content (AvgIpc) is 3.03. The molecule has 4 nitrogen and oxygen atoms in total. The van der Waals surface area contributed by atoms with Crippen molar-refractivity contribution in [2.75, 3.05) is 0 Å². The Labute approximate surface area is 145 Å². The third kappa shape index (κ3) is 3.67. The lowest BCUT2D eigenvalue weighted by Gasteiger charge is -1.98. The molecule has 0 saturated carbocycles. The maximum Gasteiger partial charge on any atom is 0.240 e. The van der Waals surface area contributed by atoms with Gasteiger partial charge in [-0.3, -0.25) is 0 Å². The number of isocyanates is 2. The van der Waals surface area contributed by atoms with Gasteiger partial charge in [0.15, 0.2) is 0 Å². The highest BCUT2D eigenvalue weighted by Crippen LogP contribution is 2.35. The van der Waals surface area contributed by atoms with E-state index >= 15 is 0 Å². The molecule has 4 heteroatoms. The molecular formula is C21H14N2O2. The molecule has 0 saturated heterocycles. The number of carbonyl (C=O) groups excluding carboxylic acids is 2. The minimum atomic E-state index is 0.316. The summed E-state index contributed by atoms with van der Waals surface area (Å²) < 4.78 is 0. The Kier molecular flexibility index (Phi) is 5.08. The van der Waals surface area contributed by atoms with Gasteiger partial charge in [-0.15, -0.1) is 0 Å². The highest BCUT2D eigenvalue weighted by atomic mass is 16.1. The molecule has 0 fully saturated rings. The molecule has 0 amide bonds. The molecule has 0 aromatic heterocycles. The van der Waals surface area contributed by atoms with E-state index < -0.39 is 0 Å². The van der Waals surface area contributed by atoms with E-state index in [1.807, 2.05) is 0 Å². The molecule has 4 rings (SSSR count). The van der Waals surface area contributed by atoms with Crippen molar-refractivity contribution < 1.29 is 9.59 Å². The first-order valence-corrected chi connectivity index (χ1v) is 7.74. The SMILES string of the molecule is O=C=Nc1ccccc1N=C=O.c1ccc2c(c1)Cc1ccccc1-2. The molecule has 25 heavy (non-hydrogen) atoms. The Balaban J connectivity index is 0.000000147.